The van der Waals surface area contributed by atoms with Crippen LogP contribution in [0.25, 0.3) is 5.76 Å². The fourth-order valence-corrected chi connectivity index (χ4v) is 4.38. The quantitative estimate of drug-likeness (QED) is 0.309. The molecule has 7 nitrogen and oxygen atoms in total. The Labute approximate surface area is 202 Å². The van der Waals surface area contributed by atoms with E-state index in [2.05, 4.69) is 0 Å². The third kappa shape index (κ3) is 4.40. The molecule has 1 aliphatic rings. The standard InChI is InChI=1S/C28H25NO6/c1-16-14-22(35-3)17(2)13-21(16)25(30)23-24(19-7-5-4-6-8-19)29(27(32)26(23)31)15-18-9-11-20(12-10-18)28(33)34/h4-14,24,30H,15H2,1-3H3,(H,33,34)/b25-23+. The lowest BCUT2D eigenvalue weighted by molar-refractivity contribution is -0.140. The van der Waals surface area contributed by atoms with E-state index in [0.29, 0.717) is 28.0 Å². The first kappa shape index (κ1) is 23.8. The van der Waals surface area contributed by atoms with Crippen LogP contribution in [0.1, 0.15) is 44.2 Å². The number of aliphatic hydroxyl groups excluding tert-OH is 1. The summed E-state index contributed by atoms with van der Waals surface area (Å²) < 4.78 is 5.36. The van der Waals surface area contributed by atoms with Crippen LogP contribution in [0.4, 0.5) is 0 Å². The van der Waals surface area contributed by atoms with Gasteiger partial charge in [0.2, 0.25) is 0 Å². The van der Waals surface area contributed by atoms with E-state index >= 15 is 0 Å². The molecule has 1 atom stereocenters. The third-order valence-corrected chi connectivity index (χ3v) is 6.21. The van der Waals surface area contributed by atoms with Gasteiger partial charge >= 0.3 is 5.97 Å². The average Bonchev–Trinajstić information content (AvgIpc) is 3.10. The highest BCUT2D eigenvalue weighted by Gasteiger charge is 2.46. The molecule has 35 heavy (non-hydrogen) atoms. The number of rotatable bonds is 6. The van der Waals surface area contributed by atoms with Gasteiger partial charge < -0.3 is 19.8 Å². The molecular formula is C28H25NO6. The Morgan fingerprint density at radius 1 is 0.943 bits per heavy atom. The normalized spacial score (nSPS) is 17.0. The van der Waals surface area contributed by atoms with Gasteiger partial charge in [0.25, 0.3) is 11.7 Å². The summed E-state index contributed by atoms with van der Waals surface area (Å²) >= 11 is 0. The number of aromatic carboxylic acids is 1. The monoisotopic (exact) mass is 471 g/mol. The number of ketones is 1. The zero-order valence-corrected chi connectivity index (χ0v) is 19.6. The minimum atomic E-state index is -1.05. The van der Waals surface area contributed by atoms with Crippen LogP contribution in [0, 0.1) is 13.8 Å². The van der Waals surface area contributed by atoms with Crippen molar-refractivity contribution < 1.29 is 29.3 Å². The molecule has 1 unspecified atom stereocenters. The van der Waals surface area contributed by atoms with Crippen molar-refractivity contribution in [3.8, 4) is 5.75 Å². The molecule has 1 saturated heterocycles. The molecule has 1 amide bonds. The number of benzene rings is 3. The number of carboxylic acids is 1. The van der Waals surface area contributed by atoms with E-state index < -0.39 is 23.7 Å². The van der Waals surface area contributed by atoms with E-state index in [1.807, 2.05) is 13.0 Å². The molecule has 4 rings (SSSR count). The van der Waals surface area contributed by atoms with Gasteiger partial charge in [-0.1, -0.05) is 42.5 Å². The van der Waals surface area contributed by atoms with Gasteiger partial charge in [0.15, 0.2) is 0 Å². The number of nitrogens with zero attached hydrogens (tertiary/aromatic N) is 1. The zero-order chi connectivity index (χ0) is 25.3. The summed E-state index contributed by atoms with van der Waals surface area (Å²) in [6, 6.07) is 17.9. The van der Waals surface area contributed by atoms with E-state index in [9.17, 15) is 19.5 Å². The molecular weight excluding hydrogens is 446 g/mol. The van der Waals surface area contributed by atoms with Crippen molar-refractivity contribution in [2.45, 2.75) is 26.4 Å². The van der Waals surface area contributed by atoms with Crippen LogP contribution in [-0.2, 0) is 16.1 Å². The van der Waals surface area contributed by atoms with Gasteiger partial charge in [0.1, 0.15) is 11.5 Å². The second kappa shape index (κ2) is 9.46. The molecule has 2 N–H and O–H groups in total. The van der Waals surface area contributed by atoms with Crippen molar-refractivity contribution in [2.75, 3.05) is 7.11 Å². The van der Waals surface area contributed by atoms with Crippen LogP contribution in [0.2, 0.25) is 0 Å². The number of carbonyl (C=O) groups is 3. The summed E-state index contributed by atoms with van der Waals surface area (Å²) in [6.07, 6.45) is 0. The van der Waals surface area contributed by atoms with Crippen molar-refractivity contribution in [1.29, 1.82) is 0 Å². The maximum Gasteiger partial charge on any atom is 0.335 e. The lowest BCUT2D eigenvalue weighted by Crippen LogP contribution is -2.29. The Hall–Kier alpha value is -4.39. The number of ether oxygens (including phenoxy) is 1. The average molecular weight is 472 g/mol. The van der Waals surface area contributed by atoms with Gasteiger partial charge in [-0.15, -0.1) is 0 Å². The number of Topliss-reactive ketones (excluding diaryl/α,β-unsaturated/α-hetero) is 1. The Morgan fingerprint density at radius 2 is 1.60 bits per heavy atom. The van der Waals surface area contributed by atoms with Gasteiger partial charge in [-0.05, 0) is 60.4 Å². The van der Waals surface area contributed by atoms with E-state index in [0.717, 1.165) is 5.56 Å². The Bertz CT molecular complexity index is 1340. The van der Waals surface area contributed by atoms with Crippen molar-refractivity contribution >= 4 is 23.4 Å². The number of hydrogen-bond acceptors (Lipinski definition) is 5. The van der Waals surface area contributed by atoms with Gasteiger partial charge in [-0.2, -0.15) is 0 Å². The highest BCUT2D eigenvalue weighted by atomic mass is 16.5. The fraction of sp³-hybridized carbons (Fsp3) is 0.179. The number of carbonyl (C=O) groups excluding carboxylic acids is 2. The van der Waals surface area contributed by atoms with E-state index in [1.54, 1.807) is 62.6 Å². The van der Waals surface area contributed by atoms with Crippen LogP contribution in [0.15, 0.2) is 72.3 Å². The maximum absolute atomic E-state index is 13.3. The largest absolute Gasteiger partial charge is 0.507 e. The van der Waals surface area contributed by atoms with Crippen LogP contribution < -0.4 is 4.74 Å². The highest BCUT2D eigenvalue weighted by molar-refractivity contribution is 6.46. The molecule has 3 aromatic rings. The Balaban J connectivity index is 1.84. The van der Waals surface area contributed by atoms with Crippen molar-refractivity contribution in [3.05, 3.63) is 106 Å². The molecule has 3 aromatic carbocycles. The minimum absolute atomic E-state index is 0.0102. The molecule has 1 heterocycles. The summed E-state index contributed by atoms with van der Waals surface area (Å²) in [5, 5.41) is 20.5. The predicted octanol–water partition coefficient (Wildman–Crippen LogP) is 4.63. The summed E-state index contributed by atoms with van der Waals surface area (Å²) in [4.78, 5) is 39.0. The predicted molar refractivity (Wildman–Crippen MR) is 130 cm³/mol. The molecule has 7 heteroatoms. The molecule has 0 spiro atoms. The van der Waals surface area contributed by atoms with Gasteiger partial charge in [-0.3, -0.25) is 9.59 Å². The minimum Gasteiger partial charge on any atom is -0.507 e. The highest BCUT2D eigenvalue weighted by Crippen LogP contribution is 2.41. The smallest absolute Gasteiger partial charge is 0.335 e. The van der Waals surface area contributed by atoms with Crippen LogP contribution in [0.3, 0.4) is 0 Å². The van der Waals surface area contributed by atoms with Crippen molar-refractivity contribution in [3.63, 3.8) is 0 Å². The number of carboxylic acid groups (broad SMARTS) is 1. The number of aryl methyl sites for hydroxylation is 2. The maximum atomic E-state index is 13.3. The Morgan fingerprint density at radius 3 is 2.20 bits per heavy atom. The van der Waals surface area contributed by atoms with Crippen LogP contribution in [-0.4, -0.2) is 39.9 Å². The molecule has 0 aliphatic carbocycles. The SMILES string of the molecule is COc1cc(C)c(/C(O)=C2\C(=O)C(=O)N(Cc3ccc(C(=O)O)cc3)C2c2ccccc2)cc1C. The number of hydrogen-bond donors (Lipinski definition) is 2. The molecule has 178 valence electrons. The van der Waals surface area contributed by atoms with Crippen molar-refractivity contribution in [1.82, 2.24) is 4.90 Å². The van der Waals surface area contributed by atoms with Crippen LogP contribution >= 0.6 is 0 Å². The van der Waals surface area contributed by atoms with E-state index in [4.69, 9.17) is 9.84 Å². The first-order valence-electron chi connectivity index (χ1n) is 11.0. The summed E-state index contributed by atoms with van der Waals surface area (Å²) in [7, 11) is 1.56. The third-order valence-electron chi connectivity index (χ3n) is 6.21. The van der Waals surface area contributed by atoms with Crippen LogP contribution in [0.5, 0.6) is 5.75 Å². The first-order chi connectivity index (χ1) is 16.7. The summed E-state index contributed by atoms with van der Waals surface area (Å²) in [6.45, 7) is 3.71. The zero-order valence-electron chi connectivity index (χ0n) is 19.6. The molecule has 0 aromatic heterocycles. The first-order valence-corrected chi connectivity index (χ1v) is 11.0. The van der Waals surface area contributed by atoms with Gasteiger partial charge in [0, 0.05) is 12.1 Å². The van der Waals surface area contributed by atoms with Gasteiger partial charge in [-0.25, -0.2) is 4.79 Å². The molecule has 0 bridgehead atoms. The lowest BCUT2D eigenvalue weighted by Gasteiger charge is -2.25. The summed E-state index contributed by atoms with van der Waals surface area (Å²) in [5.41, 5.74) is 3.41. The molecule has 1 fully saturated rings. The second-order valence-electron chi connectivity index (χ2n) is 8.48. The van der Waals surface area contributed by atoms with Gasteiger partial charge in [0.05, 0.1) is 24.3 Å². The lowest BCUT2D eigenvalue weighted by atomic mass is 9.93. The van der Waals surface area contributed by atoms with E-state index in [1.165, 1.54) is 17.0 Å². The topological polar surface area (TPSA) is 104 Å². The molecule has 0 radical (unpaired) electrons. The molecule has 0 saturated carbocycles. The fourth-order valence-electron chi connectivity index (χ4n) is 4.38. The Kier molecular flexibility index (Phi) is 6.42. The summed E-state index contributed by atoms with van der Waals surface area (Å²) in [5.74, 6) is -2.14. The number of methoxy groups -OCH3 is 1. The number of likely N-dealkylation sites (tertiary alicyclic amines) is 1. The second-order valence-corrected chi connectivity index (χ2v) is 8.48. The number of aliphatic hydroxyl groups is 1. The van der Waals surface area contributed by atoms with Crippen molar-refractivity contribution in [2.24, 2.45) is 0 Å². The number of amides is 1. The van der Waals surface area contributed by atoms with E-state index in [-0.39, 0.29) is 23.4 Å². The molecule has 1 aliphatic heterocycles.